The summed E-state index contributed by atoms with van der Waals surface area (Å²) >= 11 is 0. The fourth-order valence-corrected chi connectivity index (χ4v) is 8.21. The fraction of sp³-hybridized carbons (Fsp3) is 0.955. The van der Waals surface area contributed by atoms with Crippen LogP contribution in [0.25, 0.3) is 0 Å². The molecule has 2 unspecified atom stereocenters. The van der Waals surface area contributed by atoms with E-state index in [-0.39, 0.29) is 12.6 Å². The van der Waals surface area contributed by atoms with Crippen molar-refractivity contribution >= 4 is 5.97 Å². The minimum atomic E-state index is -0.787. The second-order valence-electron chi connectivity index (χ2n) is 10.8. The van der Waals surface area contributed by atoms with E-state index in [0.717, 1.165) is 37.5 Å². The van der Waals surface area contributed by atoms with Gasteiger partial charge >= 0.3 is 5.97 Å². The van der Waals surface area contributed by atoms with Gasteiger partial charge in [0.1, 0.15) is 12.2 Å². The normalized spacial score (nSPS) is 50.7. The molecule has 0 saturated heterocycles. The van der Waals surface area contributed by atoms with Crippen molar-refractivity contribution in [1.82, 2.24) is 0 Å². The maximum atomic E-state index is 11.3. The van der Waals surface area contributed by atoms with Gasteiger partial charge in [0.15, 0.2) is 0 Å². The topological polar surface area (TPSA) is 46.5 Å². The van der Waals surface area contributed by atoms with E-state index in [4.69, 9.17) is 4.74 Å². The average Bonchev–Trinajstić information content (AvgIpc) is 2.87. The lowest BCUT2D eigenvalue weighted by atomic mass is 9.39. The SMILES string of the molecule is CC(=O)OC[C@]1(O)CC[C@@]23CC1C[C@@H]2CCC1C(C)(C)CCC[C@@]13C. The average molecular weight is 349 g/mol. The first kappa shape index (κ1) is 17.8. The van der Waals surface area contributed by atoms with Crippen molar-refractivity contribution in [3.05, 3.63) is 0 Å². The maximum Gasteiger partial charge on any atom is 0.302 e. The molecular formula is C22H36O3. The van der Waals surface area contributed by atoms with Gasteiger partial charge in [-0.3, -0.25) is 4.79 Å². The molecule has 0 amide bonds. The lowest BCUT2D eigenvalue weighted by Gasteiger charge is -2.65. The van der Waals surface area contributed by atoms with Gasteiger partial charge in [0.2, 0.25) is 0 Å². The number of fused-ring (bicyclic) bond motifs is 2. The molecule has 0 aromatic carbocycles. The molecule has 1 spiro atoms. The highest BCUT2D eigenvalue weighted by Gasteiger charge is 2.68. The highest BCUT2D eigenvalue weighted by Crippen LogP contribution is 2.75. The van der Waals surface area contributed by atoms with Gasteiger partial charge in [-0.15, -0.1) is 0 Å². The van der Waals surface area contributed by atoms with E-state index in [1.807, 2.05) is 0 Å². The van der Waals surface area contributed by atoms with Crippen LogP contribution in [0.3, 0.4) is 0 Å². The van der Waals surface area contributed by atoms with Gasteiger partial charge in [0.05, 0.1) is 0 Å². The molecule has 4 aliphatic rings. The van der Waals surface area contributed by atoms with Gasteiger partial charge in [0.25, 0.3) is 0 Å². The van der Waals surface area contributed by atoms with Crippen molar-refractivity contribution in [2.75, 3.05) is 6.61 Å². The molecule has 0 heterocycles. The zero-order chi connectivity index (χ0) is 18.1. The van der Waals surface area contributed by atoms with E-state index in [9.17, 15) is 9.90 Å². The Kier molecular flexibility index (Phi) is 3.90. The molecule has 0 radical (unpaired) electrons. The fourth-order valence-electron chi connectivity index (χ4n) is 8.21. The quantitative estimate of drug-likeness (QED) is 0.735. The Bertz CT molecular complexity index is 570. The Hall–Kier alpha value is -0.570. The summed E-state index contributed by atoms with van der Waals surface area (Å²) in [7, 11) is 0. The van der Waals surface area contributed by atoms with Crippen LogP contribution in [0, 0.1) is 34.0 Å². The summed E-state index contributed by atoms with van der Waals surface area (Å²) in [5.41, 5.74) is 0.510. The second kappa shape index (κ2) is 5.47. The zero-order valence-electron chi connectivity index (χ0n) is 16.6. The third kappa shape index (κ3) is 2.37. The maximum absolute atomic E-state index is 11.3. The van der Waals surface area contributed by atoms with Crippen LogP contribution in [0.5, 0.6) is 0 Å². The van der Waals surface area contributed by atoms with Gasteiger partial charge < -0.3 is 9.84 Å². The standard InChI is InChI=1S/C22H36O3/c1-15(23)25-14-22(24)11-10-21-13-17(22)12-16(21)6-7-18-19(2,3)8-5-9-20(18,21)4/h16-18,24H,5-14H2,1-4H3/t16-,17?,18?,20-,21+,22+/m0/s1. The summed E-state index contributed by atoms with van der Waals surface area (Å²) in [5.74, 6) is 1.62. The number of esters is 1. The Labute approximate surface area is 152 Å². The summed E-state index contributed by atoms with van der Waals surface area (Å²) in [6.45, 7) is 9.24. The lowest BCUT2D eigenvalue weighted by molar-refractivity contribution is -0.183. The van der Waals surface area contributed by atoms with Crippen LogP contribution in [0.4, 0.5) is 0 Å². The third-order valence-corrected chi connectivity index (χ3v) is 9.42. The first-order chi connectivity index (χ1) is 11.6. The predicted molar refractivity (Wildman–Crippen MR) is 97.9 cm³/mol. The molecule has 2 bridgehead atoms. The molecule has 1 N–H and O–H groups in total. The molecule has 4 rings (SSSR count). The van der Waals surface area contributed by atoms with Crippen molar-refractivity contribution in [3.63, 3.8) is 0 Å². The molecule has 0 aliphatic heterocycles. The Morgan fingerprint density at radius 1 is 1.08 bits per heavy atom. The van der Waals surface area contributed by atoms with Gasteiger partial charge in [-0.05, 0) is 85.4 Å². The number of aliphatic hydroxyl groups is 1. The van der Waals surface area contributed by atoms with Gasteiger partial charge in [-0.1, -0.05) is 27.2 Å². The van der Waals surface area contributed by atoms with Crippen molar-refractivity contribution in [3.8, 4) is 0 Å². The summed E-state index contributed by atoms with van der Waals surface area (Å²) in [5, 5.41) is 11.3. The van der Waals surface area contributed by atoms with Crippen LogP contribution in [0.1, 0.15) is 85.5 Å². The number of carbonyl (C=O) groups is 1. The Morgan fingerprint density at radius 3 is 2.56 bits per heavy atom. The van der Waals surface area contributed by atoms with Crippen LogP contribution in [0.15, 0.2) is 0 Å². The predicted octanol–water partition coefficient (Wildman–Crippen LogP) is 4.71. The first-order valence-electron chi connectivity index (χ1n) is 10.5. The lowest BCUT2D eigenvalue weighted by Crippen LogP contribution is -2.59. The highest BCUT2D eigenvalue weighted by atomic mass is 16.5. The Balaban J connectivity index is 1.64. The number of hydrogen-bond donors (Lipinski definition) is 1. The summed E-state index contributed by atoms with van der Waals surface area (Å²) in [4.78, 5) is 11.3. The van der Waals surface area contributed by atoms with Crippen molar-refractivity contribution < 1.29 is 14.6 Å². The molecule has 0 aromatic rings. The number of ether oxygens (including phenoxy) is 1. The molecule has 142 valence electrons. The summed E-state index contributed by atoms with van der Waals surface area (Å²) in [6, 6.07) is 0. The minimum Gasteiger partial charge on any atom is -0.463 e. The number of carbonyl (C=O) groups excluding carboxylic acids is 1. The van der Waals surface area contributed by atoms with E-state index in [2.05, 4.69) is 20.8 Å². The van der Waals surface area contributed by atoms with Gasteiger partial charge in [0, 0.05) is 6.92 Å². The third-order valence-electron chi connectivity index (χ3n) is 9.42. The molecular weight excluding hydrogens is 312 g/mol. The molecule has 3 nitrogen and oxygen atoms in total. The van der Waals surface area contributed by atoms with Crippen molar-refractivity contribution in [2.45, 2.75) is 91.1 Å². The number of rotatable bonds is 2. The van der Waals surface area contributed by atoms with Crippen LogP contribution < -0.4 is 0 Å². The summed E-state index contributed by atoms with van der Waals surface area (Å²) < 4.78 is 5.26. The molecule has 3 heteroatoms. The van der Waals surface area contributed by atoms with E-state index in [0.29, 0.717) is 22.2 Å². The van der Waals surface area contributed by atoms with Crippen molar-refractivity contribution in [2.24, 2.45) is 34.0 Å². The molecule has 25 heavy (non-hydrogen) atoms. The van der Waals surface area contributed by atoms with E-state index in [1.165, 1.54) is 39.0 Å². The zero-order valence-corrected chi connectivity index (χ0v) is 16.6. The number of hydrogen-bond acceptors (Lipinski definition) is 3. The Morgan fingerprint density at radius 2 is 1.84 bits per heavy atom. The van der Waals surface area contributed by atoms with Crippen LogP contribution in [-0.4, -0.2) is 23.3 Å². The van der Waals surface area contributed by atoms with Crippen LogP contribution in [0.2, 0.25) is 0 Å². The van der Waals surface area contributed by atoms with Gasteiger partial charge in [-0.25, -0.2) is 0 Å². The first-order valence-corrected chi connectivity index (χ1v) is 10.5. The second-order valence-corrected chi connectivity index (χ2v) is 10.8. The highest BCUT2D eigenvalue weighted by molar-refractivity contribution is 5.65. The molecule has 4 saturated carbocycles. The van der Waals surface area contributed by atoms with Crippen molar-refractivity contribution in [1.29, 1.82) is 0 Å². The van der Waals surface area contributed by atoms with E-state index >= 15 is 0 Å². The molecule has 4 aliphatic carbocycles. The van der Waals surface area contributed by atoms with E-state index in [1.54, 1.807) is 0 Å². The molecule has 4 fully saturated rings. The molecule has 6 atom stereocenters. The monoisotopic (exact) mass is 348 g/mol. The minimum absolute atomic E-state index is 0.196. The van der Waals surface area contributed by atoms with Crippen LogP contribution in [-0.2, 0) is 9.53 Å². The largest absolute Gasteiger partial charge is 0.463 e. The smallest absolute Gasteiger partial charge is 0.302 e. The van der Waals surface area contributed by atoms with Gasteiger partial charge in [-0.2, -0.15) is 0 Å². The molecule has 0 aromatic heterocycles. The van der Waals surface area contributed by atoms with Crippen LogP contribution >= 0.6 is 0 Å². The summed E-state index contributed by atoms with van der Waals surface area (Å²) in [6.07, 6.45) is 11.0. The van der Waals surface area contributed by atoms with E-state index < -0.39 is 5.60 Å².